The number of amides is 1. The van der Waals surface area contributed by atoms with Gasteiger partial charge in [-0.1, -0.05) is 29.8 Å². The summed E-state index contributed by atoms with van der Waals surface area (Å²) in [4.78, 5) is 26.9. The van der Waals surface area contributed by atoms with Crippen LogP contribution in [0, 0.1) is 0 Å². The summed E-state index contributed by atoms with van der Waals surface area (Å²) in [5.74, 6) is -1.05. The number of hydrogen-bond donors (Lipinski definition) is 3. The number of nitrogens with one attached hydrogen (secondary N) is 2. The van der Waals surface area contributed by atoms with Crippen LogP contribution in [0.1, 0.15) is 10.4 Å². The van der Waals surface area contributed by atoms with Crippen molar-refractivity contribution in [3.63, 3.8) is 0 Å². The van der Waals surface area contributed by atoms with Gasteiger partial charge in [-0.3, -0.25) is 9.59 Å². The summed E-state index contributed by atoms with van der Waals surface area (Å²) in [5, 5.41) is 13.6. The smallest absolute Gasteiger partial charge is 0.265 e. The SMILES string of the molecule is O=C(Nc1ccccc1)c1c(O)c2ccc(Cl)cc2[nH]c1=O. The van der Waals surface area contributed by atoms with Crippen molar-refractivity contribution >= 4 is 34.1 Å². The first-order valence-electron chi connectivity index (χ1n) is 6.47. The fourth-order valence-corrected chi connectivity index (χ4v) is 2.35. The van der Waals surface area contributed by atoms with Gasteiger partial charge in [0.15, 0.2) is 0 Å². The van der Waals surface area contributed by atoms with Crippen LogP contribution in [0.5, 0.6) is 5.75 Å². The molecule has 0 aliphatic heterocycles. The Morgan fingerprint density at radius 1 is 1.14 bits per heavy atom. The molecular weight excluding hydrogens is 304 g/mol. The second-order valence-electron chi connectivity index (χ2n) is 4.69. The van der Waals surface area contributed by atoms with E-state index in [0.717, 1.165) is 0 Å². The molecule has 0 radical (unpaired) electrons. The zero-order chi connectivity index (χ0) is 15.7. The number of carbonyl (C=O) groups excluding carboxylic acids is 1. The summed E-state index contributed by atoms with van der Waals surface area (Å²) in [6.45, 7) is 0. The summed E-state index contributed by atoms with van der Waals surface area (Å²) in [5.41, 5.74) is -0.117. The molecule has 0 aliphatic carbocycles. The molecule has 3 aromatic rings. The van der Waals surface area contributed by atoms with Crippen LogP contribution in [-0.2, 0) is 0 Å². The predicted octanol–water partition coefficient (Wildman–Crippen LogP) is 3.14. The highest BCUT2D eigenvalue weighted by Gasteiger charge is 2.19. The zero-order valence-corrected chi connectivity index (χ0v) is 12.0. The molecule has 110 valence electrons. The first kappa shape index (κ1) is 14.2. The number of rotatable bonds is 2. The molecule has 3 rings (SSSR count). The summed E-state index contributed by atoms with van der Waals surface area (Å²) < 4.78 is 0. The Morgan fingerprint density at radius 3 is 2.59 bits per heavy atom. The van der Waals surface area contributed by atoms with Crippen molar-refractivity contribution in [3.8, 4) is 5.75 Å². The standard InChI is InChI=1S/C16H11ClN2O3/c17-9-6-7-11-12(8-9)19-16(22)13(14(11)20)15(21)18-10-4-2-1-3-5-10/h1-8H,(H,18,21)(H2,19,20,22). The van der Waals surface area contributed by atoms with Gasteiger partial charge >= 0.3 is 0 Å². The van der Waals surface area contributed by atoms with Gasteiger partial charge < -0.3 is 15.4 Å². The van der Waals surface area contributed by atoms with E-state index in [1.165, 1.54) is 6.07 Å². The van der Waals surface area contributed by atoms with Crippen molar-refractivity contribution in [2.24, 2.45) is 0 Å². The maximum absolute atomic E-state index is 12.2. The molecule has 3 N–H and O–H groups in total. The second kappa shape index (κ2) is 5.54. The number of anilines is 1. The Hall–Kier alpha value is -2.79. The fraction of sp³-hybridized carbons (Fsp3) is 0. The molecule has 0 bridgehead atoms. The third-order valence-electron chi connectivity index (χ3n) is 3.21. The Balaban J connectivity index is 2.09. The lowest BCUT2D eigenvalue weighted by Gasteiger charge is -2.08. The van der Waals surface area contributed by atoms with Crippen LogP contribution in [0.3, 0.4) is 0 Å². The van der Waals surface area contributed by atoms with Crippen molar-refractivity contribution in [3.05, 3.63) is 69.5 Å². The van der Waals surface area contributed by atoms with E-state index in [9.17, 15) is 14.7 Å². The van der Waals surface area contributed by atoms with Gasteiger partial charge in [-0.15, -0.1) is 0 Å². The fourth-order valence-electron chi connectivity index (χ4n) is 2.18. The van der Waals surface area contributed by atoms with E-state index in [1.54, 1.807) is 42.5 Å². The lowest BCUT2D eigenvalue weighted by atomic mass is 10.1. The molecule has 0 saturated carbocycles. The van der Waals surface area contributed by atoms with E-state index < -0.39 is 11.5 Å². The summed E-state index contributed by atoms with van der Waals surface area (Å²) in [7, 11) is 0. The van der Waals surface area contributed by atoms with E-state index in [2.05, 4.69) is 10.3 Å². The first-order valence-corrected chi connectivity index (χ1v) is 6.85. The molecule has 0 fully saturated rings. The number of aromatic nitrogens is 1. The lowest BCUT2D eigenvalue weighted by Crippen LogP contribution is -2.23. The second-order valence-corrected chi connectivity index (χ2v) is 5.12. The van der Waals surface area contributed by atoms with Gasteiger partial charge in [0, 0.05) is 16.1 Å². The molecule has 1 aromatic heterocycles. The number of aromatic amines is 1. The minimum Gasteiger partial charge on any atom is -0.506 e. The highest BCUT2D eigenvalue weighted by Crippen LogP contribution is 2.27. The number of halogens is 1. The highest BCUT2D eigenvalue weighted by molar-refractivity contribution is 6.31. The number of benzene rings is 2. The molecule has 22 heavy (non-hydrogen) atoms. The molecule has 0 spiro atoms. The monoisotopic (exact) mass is 314 g/mol. The normalized spacial score (nSPS) is 10.6. The zero-order valence-electron chi connectivity index (χ0n) is 11.3. The van der Waals surface area contributed by atoms with Crippen LogP contribution in [0.4, 0.5) is 5.69 Å². The van der Waals surface area contributed by atoms with Gasteiger partial charge in [-0.05, 0) is 30.3 Å². The third-order valence-corrected chi connectivity index (χ3v) is 3.44. The molecule has 0 unspecified atom stereocenters. The van der Waals surface area contributed by atoms with Crippen molar-refractivity contribution in [2.45, 2.75) is 0 Å². The average Bonchev–Trinajstić information content (AvgIpc) is 2.47. The van der Waals surface area contributed by atoms with E-state index in [0.29, 0.717) is 21.6 Å². The van der Waals surface area contributed by atoms with Crippen LogP contribution in [0.25, 0.3) is 10.9 Å². The Morgan fingerprint density at radius 2 is 1.86 bits per heavy atom. The van der Waals surface area contributed by atoms with Gasteiger partial charge in [-0.2, -0.15) is 0 Å². The highest BCUT2D eigenvalue weighted by atomic mass is 35.5. The molecule has 1 heterocycles. The number of aromatic hydroxyl groups is 1. The van der Waals surface area contributed by atoms with Gasteiger partial charge in [0.05, 0.1) is 5.52 Å². The molecular formula is C16H11ClN2O3. The molecule has 2 aromatic carbocycles. The van der Waals surface area contributed by atoms with E-state index in [1.807, 2.05) is 0 Å². The lowest BCUT2D eigenvalue weighted by molar-refractivity contribution is 0.102. The van der Waals surface area contributed by atoms with E-state index in [4.69, 9.17) is 11.6 Å². The first-order chi connectivity index (χ1) is 10.6. The van der Waals surface area contributed by atoms with E-state index in [-0.39, 0.29) is 11.3 Å². The van der Waals surface area contributed by atoms with Crippen molar-refractivity contribution in [1.82, 2.24) is 4.98 Å². The quantitative estimate of drug-likeness (QED) is 0.679. The van der Waals surface area contributed by atoms with E-state index >= 15 is 0 Å². The molecule has 5 nitrogen and oxygen atoms in total. The topological polar surface area (TPSA) is 82.2 Å². The van der Waals surface area contributed by atoms with Crippen molar-refractivity contribution in [1.29, 1.82) is 0 Å². The summed E-state index contributed by atoms with van der Waals surface area (Å²) in [6, 6.07) is 13.3. The van der Waals surface area contributed by atoms with Crippen LogP contribution >= 0.6 is 11.6 Å². The number of hydrogen-bond acceptors (Lipinski definition) is 3. The summed E-state index contributed by atoms with van der Waals surface area (Å²) >= 11 is 5.85. The number of carbonyl (C=O) groups is 1. The van der Waals surface area contributed by atoms with Gasteiger partial charge in [0.2, 0.25) is 0 Å². The molecule has 0 atom stereocenters. The average molecular weight is 315 g/mol. The molecule has 0 aliphatic rings. The number of para-hydroxylation sites is 1. The maximum atomic E-state index is 12.2. The Kier molecular flexibility index (Phi) is 3.56. The largest absolute Gasteiger partial charge is 0.506 e. The van der Waals surface area contributed by atoms with Crippen molar-refractivity contribution < 1.29 is 9.90 Å². The number of pyridine rings is 1. The van der Waals surface area contributed by atoms with Gasteiger partial charge in [-0.25, -0.2) is 0 Å². The van der Waals surface area contributed by atoms with Crippen molar-refractivity contribution in [2.75, 3.05) is 5.32 Å². The summed E-state index contributed by atoms with van der Waals surface area (Å²) in [6.07, 6.45) is 0. The minimum atomic E-state index is -0.680. The molecule has 6 heteroatoms. The predicted molar refractivity (Wildman–Crippen MR) is 85.6 cm³/mol. The van der Waals surface area contributed by atoms with Crippen LogP contribution in [-0.4, -0.2) is 16.0 Å². The van der Waals surface area contributed by atoms with Gasteiger partial charge in [0.1, 0.15) is 11.3 Å². The molecule has 1 amide bonds. The van der Waals surface area contributed by atoms with Gasteiger partial charge in [0.25, 0.3) is 11.5 Å². The molecule has 0 saturated heterocycles. The number of fused-ring (bicyclic) bond motifs is 1. The number of H-pyrrole nitrogens is 1. The minimum absolute atomic E-state index is 0.335. The van der Waals surface area contributed by atoms with Crippen LogP contribution in [0.2, 0.25) is 5.02 Å². The Labute approximate surface area is 130 Å². The Bertz CT molecular complexity index is 920. The maximum Gasteiger partial charge on any atom is 0.265 e. The third kappa shape index (κ3) is 2.54. The van der Waals surface area contributed by atoms with Crippen LogP contribution in [0.15, 0.2) is 53.3 Å². The van der Waals surface area contributed by atoms with Crippen LogP contribution < -0.4 is 10.9 Å².